The van der Waals surface area contributed by atoms with E-state index < -0.39 is 5.60 Å². The van der Waals surface area contributed by atoms with Gasteiger partial charge >= 0.3 is 6.09 Å². The van der Waals surface area contributed by atoms with Gasteiger partial charge in [-0.3, -0.25) is 0 Å². The van der Waals surface area contributed by atoms with Gasteiger partial charge in [0.2, 0.25) is 0 Å². The summed E-state index contributed by atoms with van der Waals surface area (Å²) >= 11 is 3.34. The SMILES string of the molecule is CC(C)(C)OC(=O)NC1CCN(c2cc3cc(F)c(Br)cc3n2C2CCC2)CC1. The normalized spacial score (nSPS) is 18.7. The summed E-state index contributed by atoms with van der Waals surface area (Å²) in [4.78, 5) is 14.4. The number of hydrogen-bond acceptors (Lipinski definition) is 3. The first-order valence-corrected chi connectivity index (χ1v) is 11.2. The number of carbonyl (C=O) groups excluding carboxylic acids is 1. The summed E-state index contributed by atoms with van der Waals surface area (Å²) in [7, 11) is 0. The summed E-state index contributed by atoms with van der Waals surface area (Å²) in [6.45, 7) is 7.32. The van der Waals surface area contributed by atoms with Crippen LogP contribution in [0.4, 0.5) is 15.0 Å². The van der Waals surface area contributed by atoms with E-state index in [1.807, 2.05) is 26.8 Å². The maximum Gasteiger partial charge on any atom is 0.407 e. The van der Waals surface area contributed by atoms with E-state index >= 15 is 0 Å². The number of amides is 1. The molecule has 1 aromatic carbocycles. The molecule has 2 aliphatic rings. The van der Waals surface area contributed by atoms with Crippen LogP contribution < -0.4 is 10.2 Å². The standard InChI is InChI=1S/C22H29BrFN3O2/c1-22(2,3)29-21(28)25-15-7-9-26(10-8-15)20-12-14-11-18(24)17(23)13-19(14)27(20)16-5-4-6-16/h11-13,15-16H,4-10H2,1-3H3,(H,25,28). The third-order valence-corrected chi connectivity index (χ3v) is 6.45. The minimum atomic E-state index is -0.488. The maximum absolute atomic E-state index is 14.1. The molecule has 0 spiro atoms. The predicted octanol–water partition coefficient (Wildman–Crippen LogP) is 5.76. The monoisotopic (exact) mass is 465 g/mol. The molecule has 2 heterocycles. The van der Waals surface area contributed by atoms with Crippen LogP contribution >= 0.6 is 15.9 Å². The zero-order valence-electron chi connectivity index (χ0n) is 17.3. The van der Waals surface area contributed by atoms with Crippen LogP contribution in [0.5, 0.6) is 0 Å². The molecule has 1 aliphatic carbocycles. The maximum atomic E-state index is 14.1. The smallest absolute Gasteiger partial charge is 0.407 e. The van der Waals surface area contributed by atoms with Crippen LogP contribution in [0.3, 0.4) is 0 Å². The molecule has 5 nitrogen and oxygen atoms in total. The van der Waals surface area contributed by atoms with Gasteiger partial charge in [0.25, 0.3) is 0 Å². The summed E-state index contributed by atoms with van der Waals surface area (Å²) in [6.07, 6.45) is 4.96. The van der Waals surface area contributed by atoms with Gasteiger partial charge < -0.3 is 19.5 Å². The number of nitrogens with one attached hydrogen (secondary N) is 1. The highest BCUT2D eigenvalue weighted by molar-refractivity contribution is 9.10. The third kappa shape index (κ3) is 4.39. The summed E-state index contributed by atoms with van der Waals surface area (Å²) in [5, 5.41) is 3.94. The molecular weight excluding hydrogens is 437 g/mol. The number of piperidine rings is 1. The van der Waals surface area contributed by atoms with E-state index in [0.29, 0.717) is 10.5 Å². The van der Waals surface area contributed by atoms with Crippen LogP contribution in [-0.2, 0) is 4.74 Å². The average Bonchev–Trinajstić information content (AvgIpc) is 2.91. The fraction of sp³-hybridized carbons (Fsp3) is 0.591. The van der Waals surface area contributed by atoms with E-state index in [9.17, 15) is 9.18 Å². The third-order valence-electron chi connectivity index (χ3n) is 5.84. The molecule has 1 saturated carbocycles. The molecule has 4 rings (SSSR count). The van der Waals surface area contributed by atoms with Gasteiger partial charge in [-0.25, -0.2) is 9.18 Å². The highest BCUT2D eigenvalue weighted by Crippen LogP contribution is 2.41. The minimum Gasteiger partial charge on any atom is -0.444 e. The predicted molar refractivity (Wildman–Crippen MR) is 117 cm³/mol. The van der Waals surface area contributed by atoms with Gasteiger partial charge in [0, 0.05) is 30.6 Å². The first-order chi connectivity index (χ1) is 13.7. The van der Waals surface area contributed by atoms with Gasteiger partial charge in [0.05, 0.1) is 9.99 Å². The number of fused-ring (bicyclic) bond motifs is 1. The number of benzene rings is 1. The molecule has 2 fully saturated rings. The highest BCUT2D eigenvalue weighted by Gasteiger charge is 2.29. The van der Waals surface area contributed by atoms with Crippen LogP contribution in [0.1, 0.15) is 58.9 Å². The second-order valence-electron chi connectivity index (χ2n) is 9.19. The summed E-state index contributed by atoms with van der Waals surface area (Å²) in [5.74, 6) is 0.938. The van der Waals surface area contributed by atoms with Crippen molar-refractivity contribution in [2.75, 3.05) is 18.0 Å². The Labute approximate surface area is 179 Å². The van der Waals surface area contributed by atoms with Crippen molar-refractivity contribution < 1.29 is 13.9 Å². The lowest BCUT2D eigenvalue weighted by Crippen LogP contribution is -2.46. The Kier molecular flexibility index (Phi) is 5.53. The van der Waals surface area contributed by atoms with Gasteiger partial charge in [0.1, 0.15) is 17.2 Å². The molecule has 1 saturated heterocycles. The molecule has 0 bridgehead atoms. The van der Waals surface area contributed by atoms with Crippen molar-refractivity contribution in [3.63, 3.8) is 0 Å². The molecule has 0 atom stereocenters. The first kappa shape index (κ1) is 20.5. The van der Waals surface area contributed by atoms with E-state index in [2.05, 4.69) is 36.8 Å². The molecule has 1 aliphatic heterocycles. The quantitative estimate of drug-likeness (QED) is 0.626. The van der Waals surface area contributed by atoms with Crippen LogP contribution in [0.2, 0.25) is 0 Å². The Hall–Kier alpha value is -1.76. The number of hydrogen-bond donors (Lipinski definition) is 1. The summed E-state index contributed by atoms with van der Waals surface area (Å²) in [6, 6.07) is 6.25. The molecule has 1 amide bonds. The Balaban J connectivity index is 1.50. The van der Waals surface area contributed by atoms with Gasteiger partial charge in [-0.05, 0) is 87.0 Å². The molecule has 1 aromatic heterocycles. The molecule has 158 valence electrons. The minimum absolute atomic E-state index is 0.120. The van der Waals surface area contributed by atoms with Crippen molar-refractivity contribution in [2.24, 2.45) is 0 Å². The number of rotatable bonds is 3. The summed E-state index contributed by atoms with van der Waals surface area (Å²) < 4.78 is 22.4. The fourth-order valence-corrected chi connectivity index (χ4v) is 4.54. The highest BCUT2D eigenvalue weighted by atomic mass is 79.9. The van der Waals surface area contributed by atoms with E-state index in [0.717, 1.165) is 42.7 Å². The lowest BCUT2D eigenvalue weighted by atomic mass is 9.92. The number of nitrogens with zero attached hydrogens (tertiary/aromatic N) is 2. The van der Waals surface area contributed by atoms with Crippen LogP contribution in [0.15, 0.2) is 22.7 Å². The van der Waals surface area contributed by atoms with Crippen molar-refractivity contribution in [1.82, 2.24) is 9.88 Å². The van der Waals surface area contributed by atoms with Gasteiger partial charge in [-0.2, -0.15) is 0 Å². The van der Waals surface area contributed by atoms with E-state index in [-0.39, 0.29) is 18.0 Å². The topological polar surface area (TPSA) is 46.5 Å². The summed E-state index contributed by atoms with van der Waals surface area (Å²) in [5.41, 5.74) is 0.602. The molecule has 29 heavy (non-hydrogen) atoms. The Bertz CT molecular complexity index is 909. The second-order valence-corrected chi connectivity index (χ2v) is 10.0. The van der Waals surface area contributed by atoms with Crippen molar-refractivity contribution in [2.45, 2.75) is 70.6 Å². The van der Waals surface area contributed by atoms with Crippen molar-refractivity contribution in [1.29, 1.82) is 0 Å². The lowest BCUT2D eigenvalue weighted by molar-refractivity contribution is 0.0497. The lowest BCUT2D eigenvalue weighted by Gasteiger charge is -2.37. The van der Waals surface area contributed by atoms with E-state index in [1.165, 1.54) is 19.3 Å². The molecule has 0 unspecified atom stereocenters. The zero-order valence-corrected chi connectivity index (χ0v) is 18.9. The van der Waals surface area contributed by atoms with Crippen molar-refractivity contribution >= 4 is 38.7 Å². The van der Waals surface area contributed by atoms with Crippen LogP contribution in [-0.4, -0.2) is 35.4 Å². The molecule has 2 aromatic rings. The molecule has 7 heteroatoms. The van der Waals surface area contributed by atoms with E-state index in [1.54, 1.807) is 6.07 Å². The first-order valence-electron chi connectivity index (χ1n) is 10.5. The molecule has 0 radical (unpaired) electrons. The van der Waals surface area contributed by atoms with Crippen LogP contribution in [0, 0.1) is 5.82 Å². The van der Waals surface area contributed by atoms with Gasteiger partial charge in [-0.15, -0.1) is 0 Å². The molecular formula is C22H29BrFN3O2. The van der Waals surface area contributed by atoms with E-state index in [4.69, 9.17) is 4.74 Å². The number of anilines is 1. The zero-order chi connectivity index (χ0) is 20.8. The van der Waals surface area contributed by atoms with Crippen molar-refractivity contribution in [3.8, 4) is 0 Å². The number of alkyl carbamates (subject to hydrolysis) is 1. The Morgan fingerprint density at radius 2 is 1.86 bits per heavy atom. The number of ether oxygens (including phenoxy) is 1. The van der Waals surface area contributed by atoms with Crippen molar-refractivity contribution in [3.05, 3.63) is 28.5 Å². The number of halogens is 2. The average molecular weight is 466 g/mol. The largest absolute Gasteiger partial charge is 0.444 e. The number of carbonyl (C=O) groups is 1. The Morgan fingerprint density at radius 3 is 2.45 bits per heavy atom. The van der Waals surface area contributed by atoms with Crippen LogP contribution in [0.25, 0.3) is 10.9 Å². The van der Waals surface area contributed by atoms with Gasteiger partial charge in [-0.1, -0.05) is 0 Å². The fourth-order valence-electron chi connectivity index (χ4n) is 4.21. The Morgan fingerprint density at radius 1 is 1.17 bits per heavy atom. The second kappa shape index (κ2) is 7.82. The van der Waals surface area contributed by atoms with Gasteiger partial charge in [0.15, 0.2) is 0 Å². The number of aromatic nitrogens is 1. The molecule has 1 N–H and O–H groups in total.